The Bertz CT molecular complexity index is 782. The van der Waals surface area contributed by atoms with Crippen molar-refractivity contribution in [2.45, 2.75) is 46.2 Å². The van der Waals surface area contributed by atoms with E-state index in [1.54, 1.807) is 0 Å². The molecule has 7 heteroatoms. The van der Waals surface area contributed by atoms with Gasteiger partial charge in [0.25, 0.3) is 0 Å². The first-order chi connectivity index (χ1) is 14.1. The van der Waals surface area contributed by atoms with E-state index >= 15 is 0 Å². The summed E-state index contributed by atoms with van der Waals surface area (Å²) in [7, 11) is 1.84. The highest BCUT2D eigenvalue weighted by molar-refractivity contribution is 14.0. The molecule has 0 bridgehead atoms. The number of hydrogen-bond donors (Lipinski definition) is 2. The van der Waals surface area contributed by atoms with Gasteiger partial charge in [-0.15, -0.1) is 24.0 Å². The van der Waals surface area contributed by atoms with Crippen LogP contribution in [-0.2, 0) is 6.54 Å². The van der Waals surface area contributed by atoms with E-state index in [-0.39, 0.29) is 24.0 Å². The maximum atomic E-state index is 4.57. The minimum absolute atomic E-state index is 0. The highest BCUT2D eigenvalue weighted by Gasteiger charge is 2.23. The van der Waals surface area contributed by atoms with Gasteiger partial charge >= 0.3 is 0 Å². The van der Waals surface area contributed by atoms with Crippen molar-refractivity contribution in [3.8, 4) is 0 Å². The Morgan fingerprint density at radius 1 is 1.10 bits per heavy atom. The van der Waals surface area contributed by atoms with Crippen molar-refractivity contribution in [2.75, 3.05) is 33.2 Å². The molecule has 0 spiro atoms. The van der Waals surface area contributed by atoms with Crippen LogP contribution in [0.4, 0.5) is 0 Å². The van der Waals surface area contributed by atoms with Crippen LogP contribution in [0.1, 0.15) is 42.8 Å². The molecule has 2 N–H and O–H groups in total. The van der Waals surface area contributed by atoms with Crippen LogP contribution in [-0.4, -0.2) is 53.9 Å². The molecular weight excluding hydrogens is 487 g/mol. The zero-order chi connectivity index (χ0) is 20.6. The van der Waals surface area contributed by atoms with Crippen LogP contribution in [0.2, 0.25) is 0 Å². The zero-order valence-corrected chi connectivity index (χ0v) is 21.1. The fourth-order valence-corrected chi connectivity index (χ4v) is 4.09. The van der Waals surface area contributed by atoms with Gasteiger partial charge < -0.3 is 10.6 Å². The zero-order valence-electron chi connectivity index (χ0n) is 18.8. The van der Waals surface area contributed by atoms with Gasteiger partial charge in [-0.05, 0) is 57.3 Å². The number of hydrogen-bond acceptors (Lipinski definition) is 3. The molecule has 1 aliphatic heterocycles. The summed E-state index contributed by atoms with van der Waals surface area (Å²) in [5, 5.41) is 11.6. The maximum absolute atomic E-state index is 4.57. The molecule has 30 heavy (non-hydrogen) atoms. The minimum Gasteiger partial charge on any atom is -0.356 e. The fraction of sp³-hybridized carbons (Fsp3) is 0.565. The molecular formula is C23H37IN6. The highest BCUT2D eigenvalue weighted by atomic mass is 127. The van der Waals surface area contributed by atoms with E-state index in [2.05, 4.69) is 80.6 Å². The lowest BCUT2D eigenvalue weighted by Crippen LogP contribution is -2.44. The predicted molar refractivity (Wildman–Crippen MR) is 136 cm³/mol. The summed E-state index contributed by atoms with van der Waals surface area (Å²) in [5.74, 6) is 1.32. The van der Waals surface area contributed by atoms with Crippen LogP contribution in [0, 0.1) is 19.8 Å². The molecule has 0 saturated carbocycles. The van der Waals surface area contributed by atoms with Crippen LogP contribution in [0.5, 0.6) is 0 Å². The van der Waals surface area contributed by atoms with Crippen molar-refractivity contribution >= 4 is 29.9 Å². The lowest BCUT2D eigenvalue weighted by Gasteiger charge is -2.29. The van der Waals surface area contributed by atoms with Gasteiger partial charge in [-0.25, -0.2) is 0 Å². The first-order valence-electron chi connectivity index (χ1n) is 10.8. The van der Waals surface area contributed by atoms with Gasteiger partial charge in [-0.3, -0.25) is 14.6 Å². The summed E-state index contributed by atoms with van der Waals surface area (Å²) >= 11 is 0. The standard InChI is InChI=1S/C23H36N6.HI/c1-18(17-29-20(3)14-19(2)27-29)15-25-23(24-4)26-16-22(28-12-8-9-13-28)21-10-6-5-7-11-21;/h5-7,10-11,14,18,22H,8-9,12-13,15-17H2,1-4H3,(H2,24,25,26);1H. The second-order valence-corrected chi connectivity index (χ2v) is 8.22. The van der Waals surface area contributed by atoms with Crippen molar-refractivity contribution in [3.05, 3.63) is 53.3 Å². The molecule has 3 rings (SSSR count). The molecule has 6 nitrogen and oxygen atoms in total. The summed E-state index contributed by atoms with van der Waals surface area (Å²) < 4.78 is 2.09. The third-order valence-corrected chi connectivity index (χ3v) is 5.66. The van der Waals surface area contributed by atoms with E-state index in [0.717, 1.165) is 31.3 Å². The van der Waals surface area contributed by atoms with Crippen molar-refractivity contribution in [3.63, 3.8) is 0 Å². The summed E-state index contributed by atoms with van der Waals surface area (Å²) in [5.41, 5.74) is 3.66. The number of nitrogens with one attached hydrogen (secondary N) is 2. The second kappa shape index (κ2) is 12.3. The minimum atomic E-state index is 0. The summed E-state index contributed by atoms with van der Waals surface area (Å²) in [4.78, 5) is 7.02. The van der Waals surface area contributed by atoms with Crippen molar-refractivity contribution in [1.82, 2.24) is 25.3 Å². The van der Waals surface area contributed by atoms with Gasteiger partial charge in [-0.1, -0.05) is 37.3 Å². The van der Waals surface area contributed by atoms with Crippen LogP contribution in [0.15, 0.2) is 41.4 Å². The van der Waals surface area contributed by atoms with Gasteiger partial charge in [0, 0.05) is 32.4 Å². The summed E-state index contributed by atoms with van der Waals surface area (Å²) in [6, 6.07) is 13.3. The second-order valence-electron chi connectivity index (χ2n) is 8.22. The van der Waals surface area contributed by atoms with E-state index in [9.17, 15) is 0 Å². The molecule has 0 amide bonds. The largest absolute Gasteiger partial charge is 0.356 e. The normalized spacial score (nSPS) is 16.7. The van der Waals surface area contributed by atoms with E-state index < -0.39 is 0 Å². The average molecular weight is 524 g/mol. The topological polar surface area (TPSA) is 57.5 Å². The highest BCUT2D eigenvalue weighted by Crippen LogP contribution is 2.24. The summed E-state index contributed by atoms with van der Waals surface area (Å²) in [6.45, 7) is 11.4. The average Bonchev–Trinajstić information content (AvgIpc) is 3.35. The predicted octanol–water partition coefficient (Wildman–Crippen LogP) is 3.76. The van der Waals surface area contributed by atoms with Crippen LogP contribution in [0.25, 0.3) is 0 Å². The van der Waals surface area contributed by atoms with E-state index in [1.807, 2.05) is 14.0 Å². The molecule has 0 aliphatic carbocycles. The number of aliphatic imine (C=N–C) groups is 1. The Morgan fingerprint density at radius 2 is 1.77 bits per heavy atom. The summed E-state index contributed by atoms with van der Waals surface area (Å²) in [6.07, 6.45) is 2.58. The SMILES string of the molecule is CN=C(NCC(C)Cn1nc(C)cc1C)NCC(c1ccccc1)N1CCCC1.I. The van der Waals surface area contributed by atoms with Gasteiger partial charge in [0.1, 0.15) is 0 Å². The Kier molecular flexibility index (Phi) is 10.1. The van der Waals surface area contributed by atoms with Crippen molar-refractivity contribution < 1.29 is 0 Å². The lowest BCUT2D eigenvalue weighted by atomic mass is 10.1. The molecule has 1 aromatic heterocycles. The van der Waals surface area contributed by atoms with E-state index in [1.165, 1.54) is 37.2 Å². The van der Waals surface area contributed by atoms with E-state index in [4.69, 9.17) is 0 Å². The number of benzene rings is 1. The van der Waals surface area contributed by atoms with Gasteiger partial charge in [0.2, 0.25) is 0 Å². The number of aromatic nitrogens is 2. The quantitative estimate of drug-likeness (QED) is 0.314. The van der Waals surface area contributed by atoms with Gasteiger partial charge in [0.05, 0.1) is 11.7 Å². The third kappa shape index (κ3) is 6.97. The van der Waals surface area contributed by atoms with Gasteiger partial charge in [-0.2, -0.15) is 5.10 Å². The van der Waals surface area contributed by atoms with Crippen LogP contribution < -0.4 is 10.6 Å². The van der Waals surface area contributed by atoms with Crippen LogP contribution in [0.3, 0.4) is 0 Å². The Morgan fingerprint density at radius 3 is 2.37 bits per heavy atom. The lowest BCUT2D eigenvalue weighted by molar-refractivity contribution is 0.245. The van der Waals surface area contributed by atoms with Crippen molar-refractivity contribution in [2.24, 2.45) is 10.9 Å². The molecule has 1 aliphatic rings. The molecule has 2 heterocycles. The number of rotatable bonds is 8. The molecule has 1 saturated heterocycles. The third-order valence-electron chi connectivity index (χ3n) is 5.66. The van der Waals surface area contributed by atoms with E-state index in [0.29, 0.717) is 12.0 Å². The number of aryl methyl sites for hydroxylation is 2. The molecule has 2 unspecified atom stereocenters. The first-order valence-corrected chi connectivity index (χ1v) is 10.8. The first kappa shape index (κ1) is 24.7. The Balaban J connectivity index is 0.00000320. The molecule has 2 aromatic rings. The molecule has 166 valence electrons. The van der Waals surface area contributed by atoms with Crippen LogP contribution >= 0.6 is 24.0 Å². The molecule has 1 aromatic carbocycles. The number of halogens is 1. The number of likely N-dealkylation sites (tertiary alicyclic amines) is 1. The monoisotopic (exact) mass is 524 g/mol. The van der Waals surface area contributed by atoms with Gasteiger partial charge in [0.15, 0.2) is 5.96 Å². The Labute approximate surface area is 198 Å². The maximum Gasteiger partial charge on any atom is 0.191 e. The molecule has 0 radical (unpaired) electrons. The number of guanidine groups is 1. The van der Waals surface area contributed by atoms with Crippen molar-refractivity contribution in [1.29, 1.82) is 0 Å². The molecule has 2 atom stereocenters. The fourth-order valence-electron chi connectivity index (χ4n) is 4.09. The Hall–Kier alpha value is -1.61. The smallest absolute Gasteiger partial charge is 0.191 e. The number of nitrogens with zero attached hydrogens (tertiary/aromatic N) is 4. The molecule has 1 fully saturated rings.